The molecule has 0 spiro atoms. The predicted octanol–water partition coefficient (Wildman–Crippen LogP) is 4.72. The first-order chi connectivity index (χ1) is 15.0. The molecule has 9 heteroatoms. The lowest BCUT2D eigenvalue weighted by Crippen LogP contribution is -2.25. The number of nitrogens with zero attached hydrogens (tertiary/aromatic N) is 3. The molecule has 1 aromatic carbocycles. The number of hydrogen-bond donors (Lipinski definition) is 1. The normalized spacial score (nSPS) is 16.4. The third kappa shape index (κ3) is 3.61. The topological polar surface area (TPSA) is 82.2 Å². The molecular formula is C22H20BrFN4O3. The van der Waals surface area contributed by atoms with Crippen LogP contribution >= 0.6 is 15.9 Å². The number of halogens is 2. The summed E-state index contributed by atoms with van der Waals surface area (Å²) < 4.78 is 28.5. The zero-order valence-corrected chi connectivity index (χ0v) is 18.4. The van der Waals surface area contributed by atoms with Crippen LogP contribution in [0.2, 0.25) is 0 Å². The highest BCUT2D eigenvalue weighted by atomic mass is 79.9. The van der Waals surface area contributed by atoms with Gasteiger partial charge in [-0.2, -0.15) is 4.98 Å². The number of aryl methyl sites for hydroxylation is 1. The molecule has 31 heavy (non-hydrogen) atoms. The summed E-state index contributed by atoms with van der Waals surface area (Å²) in [5, 5.41) is 3.48. The molecule has 1 N–H and O–H groups in total. The van der Waals surface area contributed by atoms with E-state index in [4.69, 9.17) is 9.15 Å². The molecule has 0 aliphatic carbocycles. The monoisotopic (exact) mass is 486 g/mol. The van der Waals surface area contributed by atoms with Gasteiger partial charge in [-0.3, -0.25) is 4.57 Å². The van der Waals surface area contributed by atoms with Gasteiger partial charge in [-0.25, -0.2) is 14.2 Å². The van der Waals surface area contributed by atoms with Crippen LogP contribution in [0.3, 0.4) is 0 Å². The van der Waals surface area contributed by atoms with Gasteiger partial charge < -0.3 is 14.5 Å². The Hall–Kier alpha value is -2.78. The van der Waals surface area contributed by atoms with Crippen molar-refractivity contribution in [2.75, 3.05) is 19.0 Å². The van der Waals surface area contributed by atoms with Gasteiger partial charge in [0.1, 0.15) is 17.0 Å². The summed E-state index contributed by atoms with van der Waals surface area (Å²) in [7, 11) is 1.77. The van der Waals surface area contributed by atoms with E-state index >= 15 is 0 Å². The number of aromatic nitrogens is 3. The lowest BCUT2D eigenvalue weighted by atomic mass is 10.1. The van der Waals surface area contributed by atoms with Crippen molar-refractivity contribution in [3.05, 3.63) is 51.2 Å². The number of benzene rings is 1. The van der Waals surface area contributed by atoms with Crippen molar-refractivity contribution in [2.24, 2.45) is 0 Å². The highest BCUT2D eigenvalue weighted by Crippen LogP contribution is 2.36. The maximum Gasteiger partial charge on any atom is 0.348 e. The average molecular weight is 487 g/mol. The van der Waals surface area contributed by atoms with Gasteiger partial charge in [-0.1, -0.05) is 15.9 Å². The average Bonchev–Trinajstić information content (AvgIpc) is 3.41. The Kier molecular flexibility index (Phi) is 5.23. The van der Waals surface area contributed by atoms with E-state index in [9.17, 15) is 9.18 Å². The molecule has 1 fully saturated rings. The van der Waals surface area contributed by atoms with Crippen LogP contribution in [0.25, 0.3) is 33.3 Å². The van der Waals surface area contributed by atoms with Crippen molar-refractivity contribution < 1.29 is 13.5 Å². The molecule has 0 bridgehead atoms. The summed E-state index contributed by atoms with van der Waals surface area (Å²) in [6.07, 6.45) is 4.40. The van der Waals surface area contributed by atoms with Crippen LogP contribution in [-0.2, 0) is 11.3 Å². The Labute approximate surface area is 185 Å². The van der Waals surface area contributed by atoms with Crippen molar-refractivity contribution >= 4 is 43.8 Å². The zero-order chi connectivity index (χ0) is 21.5. The van der Waals surface area contributed by atoms with Gasteiger partial charge >= 0.3 is 5.69 Å². The number of furan rings is 1. The van der Waals surface area contributed by atoms with Crippen molar-refractivity contribution in [1.29, 1.82) is 0 Å². The smallest absolute Gasteiger partial charge is 0.348 e. The van der Waals surface area contributed by atoms with Crippen LogP contribution in [0.15, 0.2) is 44.1 Å². The van der Waals surface area contributed by atoms with E-state index in [0.29, 0.717) is 51.0 Å². The summed E-state index contributed by atoms with van der Waals surface area (Å²) in [5.74, 6) is 0.179. The number of rotatable bonds is 5. The van der Waals surface area contributed by atoms with Crippen LogP contribution in [0.4, 0.5) is 10.2 Å². The van der Waals surface area contributed by atoms with E-state index in [1.54, 1.807) is 36.0 Å². The Morgan fingerprint density at radius 2 is 2.19 bits per heavy atom. The zero-order valence-electron chi connectivity index (χ0n) is 16.8. The number of anilines is 1. The molecule has 1 aliphatic rings. The summed E-state index contributed by atoms with van der Waals surface area (Å²) in [5.41, 5.74) is 1.53. The molecule has 0 saturated carbocycles. The van der Waals surface area contributed by atoms with Crippen LogP contribution < -0.4 is 11.0 Å². The van der Waals surface area contributed by atoms with E-state index in [2.05, 4.69) is 31.2 Å². The molecule has 1 atom stereocenters. The van der Waals surface area contributed by atoms with Crippen molar-refractivity contribution in [2.45, 2.75) is 31.9 Å². The van der Waals surface area contributed by atoms with Crippen molar-refractivity contribution in [3.63, 3.8) is 0 Å². The molecule has 0 amide bonds. The van der Waals surface area contributed by atoms with E-state index in [1.807, 2.05) is 0 Å². The second-order valence-electron chi connectivity index (χ2n) is 7.54. The quantitative estimate of drug-likeness (QED) is 0.439. The lowest BCUT2D eigenvalue weighted by Gasteiger charge is -2.13. The molecule has 1 saturated heterocycles. The summed E-state index contributed by atoms with van der Waals surface area (Å²) in [4.78, 5) is 21.7. The molecule has 160 valence electrons. The first-order valence-electron chi connectivity index (χ1n) is 10.1. The molecule has 5 rings (SSSR count). The first kappa shape index (κ1) is 20.1. The maximum absolute atomic E-state index is 14.7. The minimum atomic E-state index is -0.506. The molecule has 1 aliphatic heterocycles. The van der Waals surface area contributed by atoms with Gasteiger partial charge in [0.25, 0.3) is 0 Å². The molecule has 7 nitrogen and oxygen atoms in total. The molecule has 4 heterocycles. The van der Waals surface area contributed by atoms with Crippen LogP contribution in [0.5, 0.6) is 0 Å². The number of ether oxygens (including phenoxy) is 1. The Bertz CT molecular complexity index is 1330. The standard InChI is InChI=1S/C22H20BrFN4O3/c1-25-17-5-4-12(11-26-17)18-21-19(15-9-13(23)10-16(24)20(15)31-21)28(22(29)27-18)7-6-14-3-2-8-30-14/h4-5,9-11,14H,2-3,6-8H2,1H3,(H,25,26). The molecular weight excluding hydrogens is 467 g/mol. The highest BCUT2D eigenvalue weighted by molar-refractivity contribution is 9.10. The highest BCUT2D eigenvalue weighted by Gasteiger charge is 2.23. The van der Waals surface area contributed by atoms with Crippen molar-refractivity contribution in [3.8, 4) is 11.3 Å². The molecule has 0 radical (unpaired) electrons. The van der Waals surface area contributed by atoms with E-state index in [-0.39, 0.29) is 11.7 Å². The largest absolute Gasteiger partial charge is 0.449 e. The number of hydrogen-bond acceptors (Lipinski definition) is 6. The van der Waals surface area contributed by atoms with Gasteiger partial charge in [0, 0.05) is 41.8 Å². The second-order valence-corrected chi connectivity index (χ2v) is 8.46. The molecule has 3 aromatic heterocycles. The predicted molar refractivity (Wildman–Crippen MR) is 120 cm³/mol. The van der Waals surface area contributed by atoms with Crippen LogP contribution in [-0.4, -0.2) is 34.3 Å². The Morgan fingerprint density at radius 1 is 1.32 bits per heavy atom. The lowest BCUT2D eigenvalue weighted by molar-refractivity contribution is 0.100. The number of fused-ring (bicyclic) bond motifs is 3. The van der Waals surface area contributed by atoms with Gasteiger partial charge in [0.2, 0.25) is 0 Å². The van der Waals surface area contributed by atoms with Gasteiger partial charge in [0.05, 0.1) is 6.10 Å². The van der Waals surface area contributed by atoms with Crippen molar-refractivity contribution in [1.82, 2.24) is 14.5 Å². The molecule has 1 unspecified atom stereocenters. The third-order valence-electron chi connectivity index (χ3n) is 5.60. The van der Waals surface area contributed by atoms with Crippen LogP contribution in [0.1, 0.15) is 19.3 Å². The first-order valence-corrected chi connectivity index (χ1v) is 10.9. The van der Waals surface area contributed by atoms with Gasteiger partial charge in [0.15, 0.2) is 17.0 Å². The summed E-state index contributed by atoms with van der Waals surface area (Å²) in [6.45, 7) is 1.15. The van der Waals surface area contributed by atoms with Gasteiger partial charge in [-0.05, 0) is 43.5 Å². The summed E-state index contributed by atoms with van der Waals surface area (Å²) in [6, 6.07) is 6.69. The Morgan fingerprint density at radius 3 is 2.90 bits per heavy atom. The van der Waals surface area contributed by atoms with E-state index in [0.717, 1.165) is 19.4 Å². The van der Waals surface area contributed by atoms with Gasteiger partial charge in [-0.15, -0.1) is 0 Å². The third-order valence-corrected chi connectivity index (χ3v) is 6.06. The Balaban J connectivity index is 1.74. The fourth-order valence-electron chi connectivity index (χ4n) is 4.07. The maximum atomic E-state index is 14.7. The van der Waals surface area contributed by atoms with Crippen LogP contribution in [0, 0.1) is 5.82 Å². The number of pyridine rings is 1. The number of nitrogens with one attached hydrogen (secondary N) is 1. The summed E-state index contributed by atoms with van der Waals surface area (Å²) >= 11 is 3.35. The second kappa shape index (κ2) is 8.05. The fourth-order valence-corrected chi connectivity index (χ4v) is 4.50. The minimum absolute atomic E-state index is 0.0949. The van der Waals surface area contributed by atoms with E-state index in [1.165, 1.54) is 6.07 Å². The SMILES string of the molecule is CNc1ccc(-c2nc(=O)n(CCC3CCCO3)c3c2oc2c(F)cc(Br)cc23)cn1. The molecule has 4 aromatic rings. The van der Waals surface area contributed by atoms with E-state index < -0.39 is 11.5 Å². The fraction of sp³-hybridized carbons (Fsp3) is 0.318. The minimum Gasteiger partial charge on any atom is -0.449 e.